The molecule has 59 heavy (non-hydrogen) atoms. The van der Waals surface area contributed by atoms with Crippen molar-refractivity contribution in [1.29, 1.82) is 0 Å². The number of rotatable bonds is 7. The van der Waals surface area contributed by atoms with E-state index in [9.17, 15) is 0 Å². The van der Waals surface area contributed by atoms with Crippen LogP contribution in [0, 0.1) is 5.92 Å². The lowest BCUT2D eigenvalue weighted by molar-refractivity contribution is 0.659. The molecule has 11 rings (SSSR count). The fraction of sp³-hybridized carbons (Fsp3) is 0.158. The summed E-state index contributed by atoms with van der Waals surface area (Å²) >= 11 is 0. The van der Waals surface area contributed by atoms with Gasteiger partial charge in [-0.1, -0.05) is 172 Å². The number of hydrogen-bond acceptors (Lipinski definition) is 1. The molecule has 6 aromatic carbocycles. The van der Waals surface area contributed by atoms with Crippen LogP contribution < -0.4 is 4.90 Å². The Morgan fingerprint density at radius 3 is 2.24 bits per heavy atom. The molecular weight excluding hydrogens is 713 g/mol. The molecular formula is C57H48N2. The van der Waals surface area contributed by atoms with Crippen LogP contribution in [0.15, 0.2) is 200 Å². The van der Waals surface area contributed by atoms with Gasteiger partial charge in [-0.15, -0.1) is 0 Å². The van der Waals surface area contributed by atoms with Gasteiger partial charge in [0, 0.05) is 44.7 Å². The molecule has 286 valence electrons. The van der Waals surface area contributed by atoms with Crippen molar-refractivity contribution in [2.45, 2.75) is 51.0 Å². The Balaban J connectivity index is 1.03. The van der Waals surface area contributed by atoms with Gasteiger partial charge >= 0.3 is 0 Å². The molecule has 2 unspecified atom stereocenters. The Kier molecular flexibility index (Phi) is 8.62. The Hall–Kier alpha value is -6.64. The van der Waals surface area contributed by atoms with Crippen LogP contribution in [0.1, 0.15) is 56.2 Å². The van der Waals surface area contributed by atoms with E-state index >= 15 is 0 Å². The third-order valence-electron chi connectivity index (χ3n) is 13.3. The van der Waals surface area contributed by atoms with Gasteiger partial charge in [-0.25, -0.2) is 0 Å². The molecule has 7 aromatic rings. The predicted molar refractivity (Wildman–Crippen MR) is 251 cm³/mol. The van der Waals surface area contributed by atoms with Gasteiger partial charge in [0.05, 0.1) is 17.3 Å². The van der Waals surface area contributed by atoms with Gasteiger partial charge in [0.2, 0.25) is 0 Å². The van der Waals surface area contributed by atoms with Crippen LogP contribution in [0.25, 0.3) is 55.3 Å². The second kappa shape index (κ2) is 14.3. The van der Waals surface area contributed by atoms with E-state index < -0.39 is 0 Å². The van der Waals surface area contributed by atoms with Crippen LogP contribution in [-0.2, 0) is 5.41 Å². The molecule has 4 aliphatic rings. The fourth-order valence-corrected chi connectivity index (χ4v) is 10.4. The first-order valence-electron chi connectivity index (χ1n) is 21.4. The van der Waals surface area contributed by atoms with E-state index in [1.54, 1.807) is 0 Å². The third-order valence-corrected chi connectivity index (χ3v) is 13.3. The zero-order valence-corrected chi connectivity index (χ0v) is 33.9. The second-order valence-corrected chi connectivity index (χ2v) is 17.1. The first-order valence-corrected chi connectivity index (χ1v) is 21.4. The van der Waals surface area contributed by atoms with Crippen molar-refractivity contribution in [2.75, 3.05) is 4.90 Å². The van der Waals surface area contributed by atoms with Crippen molar-refractivity contribution < 1.29 is 0 Å². The largest absolute Gasteiger partial charge is 0.334 e. The highest BCUT2D eigenvalue weighted by Gasteiger charge is 2.37. The quantitative estimate of drug-likeness (QED) is 0.157. The SMILES string of the molecule is CC1(C)c2cc(N(c3cccc4ccccc34)C3C=CC(C4C=CC=CC4)=CC3)ccc2-c2ccc(-n3c(-c4ccccc4)c(C4=CC=CCC4)c4ccccc43)cc21. The van der Waals surface area contributed by atoms with Crippen LogP contribution in [0.5, 0.6) is 0 Å². The second-order valence-electron chi connectivity index (χ2n) is 17.1. The summed E-state index contributed by atoms with van der Waals surface area (Å²) in [6.07, 6.45) is 27.3. The first kappa shape index (κ1) is 35.5. The molecule has 0 spiro atoms. The summed E-state index contributed by atoms with van der Waals surface area (Å²) in [5.74, 6) is 0.453. The molecule has 1 heterocycles. The maximum atomic E-state index is 2.60. The van der Waals surface area contributed by atoms with Crippen LogP contribution in [-0.4, -0.2) is 10.6 Å². The molecule has 0 radical (unpaired) electrons. The van der Waals surface area contributed by atoms with Crippen molar-refractivity contribution in [2.24, 2.45) is 5.92 Å². The molecule has 0 amide bonds. The van der Waals surface area contributed by atoms with E-state index in [0.717, 1.165) is 25.7 Å². The minimum absolute atomic E-state index is 0.187. The zero-order chi connectivity index (χ0) is 39.5. The van der Waals surface area contributed by atoms with E-state index in [4.69, 9.17) is 0 Å². The lowest BCUT2D eigenvalue weighted by atomic mass is 9.82. The smallest absolute Gasteiger partial charge is 0.0616 e. The summed E-state index contributed by atoms with van der Waals surface area (Å²) in [4.78, 5) is 2.60. The summed E-state index contributed by atoms with van der Waals surface area (Å²) < 4.78 is 2.53. The van der Waals surface area contributed by atoms with E-state index in [2.05, 4.69) is 218 Å². The average Bonchev–Trinajstić information content (AvgIpc) is 3.76. The van der Waals surface area contributed by atoms with Gasteiger partial charge in [0.1, 0.15) is 0 Å². The molecule has 0 saturated heterocycles. The molecule has 4 aliphatic carbocycles. The summed E-state index contributed by atoms with van der Waals surface area (Å²) in [5, 5.41) is 3.84. The normalized spacial score (nSPS) is 18.8. The lowest BCUT2D eigenvalue weighted by Crippen LogP contribution is -2.31. The minimum Gasteiger partial charge on any atom is -0.334 e. The molecule has 2 heteroatoms. The van der Waals surface area contributed by atoms with Crippen molar-refractivity contribution in [3.63, 3.8) is 0 Å². The van der Waals surface area contributed by atoms with Crippen LogP contribution in [0.2, 0.25) is 0 Å². The number of nitrogens with zero attached hydrogens (tertiary/aromatic N) is 2. The highest BCUT2D eigenvalue weighted by Crippen LogP contribution is 2.52. The van der Waals surface area contributed by atoms with Gasteiger partial charge in [0.15, 0.2) is 0 Å². The monoisotopic (exact) mass is 760 g/mol. The molecule has 1 aromatic heterocycles. The summed E-state index contributed by atoms with van der Waals surface area (Å²) in [6, 6.07) is 50.2. The van der Waals surface area contributed by atoms with Crippen molar-refractivity contribution in [3.05, 3.63) is 216 Å². The Labute approximate surface area is 348 Å². The standard InChI is InChI=1S/C57H48N2/c1-57(2)51-37-45(58(53-28-16-24-41-19-12-13-25-47(41)53)44-31-29-40(30-32-44)39-17-6-3-7-18-39)33-35-48(51)49-36-34-46(38-52(49)57)59-54-27-15-14-26-50(54)55(42-20-8-4-9-21-42)56(59)43-22-10-5-11-23-43/h3-8,10-17,19-20,22-31,33-39,44H,9,18,21,32H2,1-2H3. The third kappa shape index (κ3) is 5.92. The van der Waals surface area contributed by atoms with Crippen LogP contribution >= 0.6 is 0 Å². The summed E-state index contributed by atoms with van der Waals surface area (Å²) in [7, 11) is 0. The number of para-hydroxylation sites is 1. The molecule has 2 atom stereocenters. The molecule has 0 bridgehead atoms. The zero-order valence-electron chi connectivity index (χ0n) is 33.9. The average molecular weight is 761 g/mol. The number of fused-ring (bicyclic) bond motifs is 5. The van der Waals surface area contributed by atoms with E-state index in [0.29, 0.717) is 5.92 Å². The molecule has 0 aliphatic heterocycles. The van der Waals surface area contributed by atoms with Gasteiger partial charge < -0.3 is 9.47 Å². The summed E-state index contributed by atoms with van der Waals surface area (Å²) in [6.45, 7) is 4.84. The van der Waals surface area contributed by atoms with Crippen molar-refractivity contribution >= 4 is 38.6 Å². The van der Waals surface area contributed by atoms with E-state index in [-0.39, 0.29) is 11.5 Å². The Bertz CT molecular complexity index is 2970. The van der Waals surface area contributed by atoms with Gasteiger partial charge in [0.25, 0.3) is 0 Å². The van der Waals surface area contributed by atoms with E-state index in [1.165, 1.54) is 89.0 Å². The van der Waals surface area contributed by atoms with Gasteiger partial charge in [-0.3, -0.25) is 0 Å². The van der Waals surface area contributed by atoms with E-state index in [1.807, 2.05) is 0 Å². The number of allylic oxidation sites excluding steroid dienone is 10. The van der Waals surface area contributed by atoms with Crippen molar-refractivity contribution in [1.82, 2.24) is 4.57 Å². The number of anilines is 2. The first-order chi connectivity index (χ1) is 29.0. The van der Waals surface area contributed by atoms with Gasteiger partial charge in [-0.2, -0.15) is 0 Å². The molecule has 0 saturated carbocycles. The predicted octanol–water partition coefficient (Wildman–Crippen LogP) is 15.0. The summed E-state index contributed by atoms with van der Waals surface area (Å²) in [5.41, 5.74) is 16.8. The topological polar surface area (TPSA) is 8.17 Å². The fourth-order valence-electron chi connectivity index (χ4n) is 10.4. The highest BCUT2D eigenvalue weighted by atomic mass is 15.2. The van der Waals surface area contributed by atoms with Crippen LogP contribution in [0.3, 0.4) is 0 Å². The number of hydrogen-bond donors (Lipinski definition) is 0. The van der Waals surface area contributed by atoms with Gasteiger partial charge in [-0.05, 0) is 106 Å². The lowest BCUT2D eigenvalue weighted by Gasteiger charge is -2.35. The molecule has 0 N–H and O–H groups in total. The molecule has 2 nitrogen and oxygen atoms in total. The maximum absolute atomic E-state index is 2.60. The number of aromatic nitrogens is 1. The Morgan fingerprint density at radius 2 is 1.44 bits per heavy atom. The minimum atomic E-state index is -0.215. The maximum Gasteiger partial charge on any atom is 0.0616 e. The highest BCUT2D eigenvalue weighted by molar-refractivity contribution is 6.03. The van der Waals surface area contributed by atoms with Crippen LogP contribution in [0.4, 0.5) is 11.4 Å². The molecule has 0 fully saturated rings. The number of benzene rings is 6. The van der Waals surface area contributed by atoms with Crippen molar-refractivity contribution in [3.8, 4) is 28.1 Å². The Morgan fingerprint density at radius 1 is 0.661 bits per heavy atom.